The van der Waals surface area contributed by atoms with Crippen molar-refractivity contribution in [1.29, 1.82) is 0 Å². The molecule has 0 radical (unpaired) electrons. The maximum Gasteiger partial charge on any atom is 0.243 e. The molecule has 34 heavy (non-hydrogen) atoms. The third kappa shape index (κ3) is 7.31. The largest absolute Gasteiger partial charge is 0.354 e. The van der Waals surface area contributed by atoms with E-state index in [0.29, 0.717) is 19.5 Å². The normalized spacial score (nSPS) is 11.6. The van der Waals surface area contributed by atoms with Crippen LogP contribution in [0.3, 0.4) is 0 Å². The van der Waals surface area contributed by atoms with Gasteiger partial charge in [-0.15, -0.1) is 0 Å². The first-order valence-corrected chi connectivity index (χ1v) is 12.2. The quantitative estimate of drug-likeness (QED) is 0.393. The highest BCUT2D eigenvalue weighted by Crippen LogP contribution is 2.18. The Morgan fingerprint density at radius 3 is 2.09 bits per heavy atom. The topological polar surface area (TPSA) is 49.4 Å². The van der Waals surface area contributed by atoms with Crippen LogP contribution < -0.4 is 5.32 Å². The molecule has 4 nitrogen and oxygen atoms in total. The first-order valence-electron chi connectivity index (χ1n) is 12.2. The number of unbranched alkanes of at least 4 members (excludes halogenated alkanes) is 1. The van der Waals surface area contributed by atoms with Gasteiger partial charge >= 0.3 is 0 Å². The number of nitrogens with one attached hydrogen (secondary N) is 1. The molecule has 0 aliphatic heterocycles. The summed E-state index contributed by atoms with van der Waals surface area (Å²) < 4.78 is 0. The fraction of sp³-hybridized carbons (Fsp3) is 0.333. The lowest BCUT2D eigenvalue weighted by molar-refractivity contribution is -0.140. The first-order chi connectivity index (χ1) is 16.5. The summed E-state index contributed by atoms with van der Waals surface area (Å²) >= 11 is 0. The lowest BCUT2D eigenvalue weighted by Crippen LogP contribution is -2.51. The maximum atomic E-state index is 13.7. The van der Waals surface area contributed by atoms with Crippen LogP contribution in [0.2, 0.25) is 0 Å². The number of carbonyl (C=O) groups is 2. The summed E-state index contributed by atoms with van der Waals surface area (Å²) in [5, 5.41) is 3.07. The van der Waals surface area contributed by atoms with Crippen molar-refractivity contribution < 1.29 is 9.59 Å². The minimum Gasteiger partial charge on any atom is -0.354 e. The molecule has 1 atom stereocenters. The lowest BCUT2D eigenvalue weighted by Gasteiger charge is -2.32. The van der Waals surface area contributed by atoms with Gasteiger partial charge in [0.05, 0.1) is 6.42 Å². The molecule has 0 heterocycles. The van der Waals surface area contributed by atoms with Gasteiger partial charge in [0.1, 0.15) is 6.04 Å². The average molecular weight is 457 g/mol. The van der Waals surface area contributed by atoms with E-state index in [4.69, 9.17) is 0 Å². The Morgan fingerprint density at radius 2 is 1.47 bits per heavy atom. The monoisotopic (exact) mass is 456 g/mol. The first kappa shape index (κ1) is 25.2. The minimum atomic E-state index is -0.585. The zero-order chi connectivity index (χ0) is 24.3. The Labute approximate surface area is 204 Å². The predicted octanol–water partition coefficient (Wildman–Crippen LogP) is 5.40. The van der Waals surface area contributed by atoms with Crippen LogP contribution in [0.25, 0.3) is 0 Å². The van der Waals surface area contributed by atoms with Crippen LogP contribution in [-0.4, -0.2) is 29.3 Å². The van der Waals surface area contributed by atoms with E-state index in [2.05, 4.69) is 38.2 Å². The Balaban J connectivity index is 1.92. The molecule has 2 amide bonds. The number of aryl methyl sites for hydroxylation is 2. The number of rotatable bonds is 11. The van der Waals surface area contributed by atoms with Crippen molar-refractivity contribution in [3.63, 3.8) is 0 Å². The zero-order valence-electron chi connectivity index (χ0n) is 20.6. The summed E-state index contributed by atoms with van der Waals surface area (Å²) in [6, 6.07) is 25.4. The molecule has 0 aliphatic rings. The van der Waals surface area contributed by atoms with E-state index in [1.165, 1.54) is 5.56 Å². The number of benzene rings is 3. The molecule has 0 saturated carbocycles. The van der Waals surface area contributed by atoms with Crippen molar-refractivity contribution >= 4 is 11.8 Å². The molecule has 0 unspecified atom stereocenters. The van der Waals surface area contributed by atoms with Gasteiger partial charge in [-0.3, -0.25) is 9.59 Å². The van der Waals surface area contributed by atoms with Gasteiger partial charge in [0.25, 0.3) is 0 Å². The van der Waals surface area contributed by atoms with E-state index in [1.54, 1.807) is 4.90 Å². The Bertz CT molecular complexity index is 1060. The molecule has 0 spiro atoms. The Kier molecular flexibility index (Phi) is 9.45. The van der Waals surface area contributed by atoms with Gasteiger partial charge in [-0.2, -0.15) is 0 Å². The molecule has 0 aromatic heterocycles. The van der Waals surface area contributed by atoms with E-state index in [9.17, 15) is 9.59 Å². The second kappa shape index (κ2) is 12.7. The van der Waals surface area contributed by atoms with Crippen molar-refractivity contribution in [2.45, 2.75) is 59.0 Å². The molecular weight excluding hydrogens is 420 g/mol. The third-order valence-electron chi connectivity index (χ3n) is 6.22. The number of hydrogen-bond donors (Lipinski definition) is 1. The Hall–Kier alpha value is -3.40. The molecule has 178 valence electrons. The van der Waals surface area contributed by atoms with Crippen LogP contribution in [0.5, 0.6) is 0 Å². The molecule has 3 aromatic rings. The van der Waals surface area contributed by atoms with Crippen molar-refractivity contribution in [3.8, 4) is 0 Å². The second-order valence-corrected chi connectivity index (χ2v) is 8.95. The van der Waals surface area contributed by atoms with Gasteiger partial charge in [0.15, 0.2) is 0 Å². The average Bonchev–Trinajstić information content (AvgIpc) is 2.85. The van der Waals surface area contributed by atoms with E-state index >= 15 is 0 Å². The second-order valence-electron chi connectivity index (χ2n) is 8.95. The number of nitrogens with zero attached hydrogens (tertiary/aromatic N) is 1. The Morgan fingerprint density at radius 1 is 0.824 bits per heavy atom. The van der Waals surface area contributed by atoms with Crippen molar-refractivity contribution in [2.75, 3.05) is 6.54 Å². The molecule has 0 aliphatic carbocycles. The summed E-state index contributed by atoms with van der Waals surface area (Å²) in [6.07, 6.45) is 2.66. The van der Waals surface area contributed by atoms with Gasteiger partial charge in [-0.05, 0) is 48.1 Å². The van der Waals surface area contributed by atoms with Crippen molar-refractivity contribution in [3.05, 3.63) is 107 Å². The summed E-state index contributed by atoms with van der Waals surface area (Å²) in [4.78, 5) is 28.9. The molecule has 1 N–H and O–H groups in total. The highest BCUT2D eigenvalue weighted by molar-refractivity contribution is 5.88. The van der Waals surface area contributed by atoms with E-state index in [1.807, 2.05) is 66.7 Å². The fourth-order valence-electron chi connectivity index (χ4n) is 4.03. The number of carbonyl (C=O) groups excluding carboxylic acids is 2. The fourth-order valence-corrected chi connectivity index (χ4v) is 4.03. The smallest absolute Gasteiger partial charge is 0.243 e. The van der Waals surface area contributed by atoms with E-state index < -0.39 is 6.04 Å². The highest BCUT2D eigenvalue weighted by atomic mass is 16.2. The molecule has 3 aromatic carbocycles. The van der Waals surface area contributed by atoms with Crippen LogP contribution in [0.4, 0.5) is 0 Å². The maximum absolute atomic E-state index is 13.7. The molecule has 0 saturated heterocycles. The summed E-state index contributed by atoms with van der Waals surface area (Å²) in [5.74, 6) is -0.139. The molecule has 4 heteroatoms. The van der Waals surface area contributed by atoms with Crippen molar-refractivity contribution in [2.24, 2.45) is 0 Å². The van der Waals surface area contributed by atoms with Crippen LogP contribution >= 0.6 is 0 Å². The standard InChI is InChI=1S/C30H36N2O2/c1-4-5-18-31-30(34)28(20-25-12-8-6-9-13-25)32(22-26-14-10-7-11-15-26)29(33)21-27-17-16-23(2)24(3)19-27/h6-17,19,28H,4-5,18,20-22H2,1-3H3,(H,31,34)/t28-/m1/s1. The third-order valence-corrected chi connectivity index (χ3v) is 6.22. The molecular formula is C30H36N2O2. The molecule has 3 rings (SSSR count). The SMILES string of the molecule is CCCCNC(=O)[C@@H](Cc1ccccc1)N(Cc1ccccc1)C(=O)Cc1ccc(C)c(C)c1. The van der Waals surface area contributed by atoms with E-state index in [0.717, 1.165) is 35.1 Å². The van der Waals surface area contributed by atoms with Gasteiger partial charge in [-0.1, -0.05) is 92.2 Å². The minimum absolute atomic E-state index is 0.0429. The summed E-state index contributed by atoms with van der Waals surface area (Å²) in [6.45, 7) is 7.24. The van der Waals surface area contributed by atoms with Crippen LogP contribution in [0.1, 0.15) is 47.6 Å². The van der Waals surface area contributed by atoms with Gasteiger partial charge in [-0.25, -0.2) is 0 Å². The summed E-state index contributed by atoms with van der Waals surface area (Å²) in [5.41, 5.74) is 5.38. The predicted molar refractivity (Wildman–Crippen MR) is 138 cm³/mol. The van der Waals surface area contributed by atoms with Crippen LogP contribution in [-0.2, 0) is 29.0 Å². The van der Waals surface area contributed by atoms with E-state index in [-0.39, 0.29) is 18.2 Å². The number of amides is 2. The zero-order valence-corrected chi connectivity index (χ0v) is 20.6. The van der Waals surface area contributed by atoms with Crippen LogP contribution in [0, 0.1) is 13.8 Å². The van der Waals surface area contributed by atoms with Gasteiger partial charge < -0.3 is 10.2 Å². The molecule has 0 bridgehead atoms. The number of hydrogen-bond acceptors (Lipinski definition) is 2. The van der Waals surface area contributed by atoms with Gasteiger partial charge in [0, 0.05) is 19.5 Å². The van der Waals surface area contributed by atoms with Crippen molar-refractivity contribution in [1.82, 2.24) is 10.2 Å². The van der Waals surface area contributed by atoms with Crippen LogP contribution in [0.15, 0.2) is 78.9 Å². The van der Waals surface area contributed by atoms with Gasteiger partial charge in [0.2, 0.25) is 11.8 Å². The molecule has 0 fully saturated rings. The highest BCUT2D eigenvalue weighted by Gasteiger charge is 2.30. The lowest BCUT2D eigenvalue weighted by atomic mass is 10.00. The summed E-state index contributed by atoms with van der Waals surface area (Å²) in [7, 11) is 0.